The molecule has 0 spiro atoms. The summed E-state index contributed by atoms with van der Waals surface area (Å²) in [6, 6.07) is 36.0. The normalized spacial score (nSPS) is 11.2. The van der Waals surface area contributed by atoms with E-state index >= 15 is 0 Å². The fourth-order valence-corrected chi connectivity index (χ4v) is 4.26. The topological polar surface area (TPSA) is 54.6 Å². The first-order valence-electron chi connectivity index (χ1n) is 10.9. The number of carbonyl (C=O) groups is 1. The van der Waals surface area contributed by atoms with Crippen LogP contribution in [-0.4, -0.2) is 17.9 Å². The van der Waals surface area contributed by atoms with E-state index in [1.165, 1.54) is 17.3 Å². The Morgan fingerprint density at radius 1 is 0.794 bits per heavy atom. The van der Waals surface area contributed by atoms with E-state index in [-0.39, 0.29) is 11.7 Å². The molecular formula is C29H22N2O2S. The van der Waals surface area contributed by atoms with E-state index in [1.54, 1.807) is 6.21 Å². The van der Waals surface area contributed by atoms with Gasteiger partial charge in [0, 0.05) is 5.69 Å². The molecule has 1 N–H and O–H groups in total. The fourth-order valence-electron chi connectivity index (χ4n) is 3.59. The average Bonchev–Trinajstić information content (AvgIpc) is 3.35. The maximum atomic E-state index is 12.4. The van der Waals surface area contributed by atoms with Crippen LogP contribution in [0.4, 0.5) is 11.4 Å². The number of thioether (sulfide) groups is 1. The Morgan fingerprint density at radius 3 is 2.35 bits per heavy atom. The van der Waals surface area contributed by atoms with Gasteiger partial charge in [-0.1, -0.05) is 84.6 Å². The summed E-state index contributed by atoms with van der Waals surface area (Å²) in [5.74, 6) is 0.827. The van der Waals surface area contributed by atoms with Crippen LogP contribution in [0.3, 0.4) is 0 Å². The van der Waals surface area contributed by atoms with Gasteiger partial charge < -0.3 is 9.73 Å². The highest BCUT2D eigenvalue weighted by molar-refractivity contribution is 7.99. The minimum absolute atomic E-state index is 0.0783. The zero-order chi connectivity index (χ0) is 23.2. The first kappa shape index (κ1) is 21.7. The zero-order valence-electron chi connectivity index (χ0n) is 18.3. The number of anilines is 1. The molecule has 34 heavy (non-hydrogen) atoms. The van der Waals surface area contributed by atoms with Gasteiger partial charge in [0.05, 0.1) is 17.7 Å². The van der Waals surface area contributed by atoms with Crippen molar-refractivity contribution in [3.63, 3.8) is 0 Å². The molecule has 1 heterocycles. The molecule has 0 saturated carbocycles. The van der Waals surface area contributed by atoms with Crippen molar-refractivity contribution in [2.75, 3.05) is 11.1 Å². The molecule has 0 bridgehead atoms. The van der Waals surface area contributed by atoms with Crippen molar-refractivity contribution < 1.29 is 9.21 Å². The second kappa shape index (κ2) is 10.2. The van der Waals surface area contributed by atoms with Crippen molar-refractivity contribution >= 4 is 46.0 Å². The molecule has 0 aliphatic rings. The molecule has 4 aromatic carbocycles. The largest absolute Gasteiger partial charge is 0.449 e. The number of carbonyl (C=O) groups excluding carboxylic acids is 1. The van der Waals surface area contributed by atoms with Crippen LogP contribution in [0.2, 0.25) is 0 Å². The molecule has 0 saturated heterocycles. The number of benzene rings is 4. The number of hydrogen-bond acceptors (Lipinski definition) is 4. The van der Waals surface area contributed by atoms with Crippen molar-refractivity contribution in [3.05, 3.63) is 115 Å². The summed E-state index contributed by atoms with van der Waals surface area (Å²) in [5, 5.41) is 5.86. The first-order chi connectivity index (χ1) is 16.7. The molecule has 0 radical (unpaired) electrons. The number of nitrogens with zero attached hydrogens (tertiary/aromatic N) is 1. The van der Waals surface area contributed by atoms with E-state index < -0.39 is 0 Å². The van der Waals surface area contributed by atoms with Crippen molar-refractivity contribution in [1.82, 2.24) is 0 Å². The van der Waals surface area contributed by atoms with Gasteiger partial charge in [0.1, 0.15) is 5.76 Å². The van der Waals surface area contributed by atoms with Crippen molar-refractivity contribution in [2.24, 2.45) is 4.99 Å². The number of fused-ring (bicyclic) bond motifs is 1. The van der Waals surface area contributed by atoms with Crippen LogP contribution in [0, 0.1) is 0 Å². The smallest absolute Gasteiger partial charge is 0.234 e. The monoisotopic (exact) mass is 462 g/mol. The van der Waals surface area contributed by atoms with Gasteiger partial charge in [-0.25, -0.2) is 0 Å². The summed E-state index contributed by atoms with van der Waals surface area (Å²) in [7, 11) is 0. The molecule has 1 aromatic heterocycles. The lowest BCUT2D eigenvalue weighted by atomic mass is 10.1. The van der Waals surface area contributed by atoms with E-state index in [1.807, 2.05) is 84.9 Å². The van der Waals surface area contributed by atoms with E-state index in [0.29, 0.717) is 10.9 Å². The van der Waals surface area contributed by atoms with E-state index in [9.17, 15) is 4.79 Å². The number of amides is 1. The second-order valence-corrected chi connectivity index (χ2v) is 8.71. The van der Waals surface area contributed by atoms with Gasteiger partial charge in [0.15, 0.2) is 5.09 Å². The SMILES string of the molecule is O=C(CSc1ccc(C=Nc2ccc(-c3ccccc3)cc2)o1)Nc1ccc2ccccc2c1. The Morgan fingerprint density at radius 2 is 1.53 bits per heavy atom. The van der Waals surface area contributed by atoms with Gasteiger partial charge in [0.25, 0.3) is 0 Å². The highest BCUT2D eigenvalue weighted by atomic mass is 32.2. The average molecular weight is 463 g/mol. The van der Waals surface area contributed by atoms with Crippen LogP contribution in [0.15, 0.2) is 124 Å². The number of hydrogen-bond donors (Lipinski definition) is 1. The lowest BCUT2D eigenvalue weighted by Crippen LogP contribution is -2.13. The molecule has 0 aliphatic carbocycles. The summed E-state index contributed by atoms with van der Waals surface area (Å²) >= 11 is 1.35. The number of furan rings is 1. The third-order valence-electron chi connectivity index (χ3n) is 5.30. The first-order valence-corrected chi connectivity index (χ1v) is 11.9. The Hall–Kier alpha value is -4.09. The molecule has 1 amide bonds. The highest BCUT2D eigenvalue weighted by Gasteiger charge is 2.07. The maximum absolute atomic E-state index is 12.4. The Kier molecular flexibility index (Phi) is 6.54. The summed E-state index contributed by atoms with van der Waals surface area (Å²) in [4.78, 5) is 16.9. The van der Waals surface area contributed by atoms with Crippen molar-refractivity contribution in [1.29, 1.82) is 0 Å². The van der Waals surface area contributed by atoms with Crippen LogP contribution >= 0.6 is 11.8 Å². The number of nitrogens with one attached hydrogen (secondary N) is 1. The molecule has 166 valence electrons. The lowest BCUT2D eigenvalue weighted by molar-refractivity contribution is -0.113. The molecule has 0 aliphatic heterocycles. The third-order valence-corrected chi connectivity index (χ3v) is 6.21. The van der Waals surface area contributed by atoms with Gasteiger partial charge in [-0.2, -0.15) is 0 Å². The van der Waals surface area contributed by atoms with Crippen LogP contribution in [0.25, 0.3) is 21.9 Å². The lowest BCUT2D eigenvalue weighted by Gasteiger charge is -2.06. The van der Waals surface area contributed by atoms with Crippen molar-refractivity contribution in [3.8, 4) is 11.1 Å². The van der Waals surface area contributed by atoms with Gasteiger partial charge in [-0.3, -0.25) is 9.79 Å². The van der Waals surface area contributed by atoms with Crippen LogP contribution in [-0.2, 0) is 4.79 Å². The molecule has 5 heteroatoms. The maximum Gasteiger partial charge on any atom is 0.234 e. The quantitative estimate of drug-likeness (QED) is 0.200. The molecule has 0 atom stereocenters. The Balaban J connectivity index is 1.14. The summed E-state index contributed by atoms with van der Waals surface area (Å²) in [6.45, 7) is 0. The second-order valence-electron chi connectivity index (χ2n) is 7.73. The minimum Gasteiger partial charge on any atom is -0.449 e. The molecule has 5 rings (SSSR count). The van der Waals surface area contributed by atoms with Crippen LogP contribution in [0.1, 0.15) is 5.76 Å². The summed E-state index contributed by atoms with van der Waals surface area (Å²) in [5.41, 5.74) is 3.96. The standard InChI is InChI=1S/C29H22N2O2S/c32-28(31-26-15-12-22-8-4-5-9-24(22)18-26)20-34-29-17-16-27(33-29)19-30-25-13-10-23(11-14-25)21-6-2-1-3-7-21/h1-19H,20H2,(H,31,32). The number of rotatable bonds is 7. The molecule has 5 aromatic rings. The third kappa shape index (κ3) is 5.45. The number of aliphatic imine (C=N–C) groups is 1. The predicted molar refractivity (Wildman–Crippen MR) is 141 cm³/mol. The van der Waals surface area contributed by atoms with Crippen LogP contribution in [0.5, 0.6) is 0 Å². The highest BCUT2D eigenvalue weighted by Crippen LogP contribution is 2.24. The van der Waals surface area contributed by atoms with Crippen LogP contribution < -0.4 is 5.32 Å². The minimum atomic E-state index is -0.0783. The van der Waals surface area contributed by atoms with Gasteiger partial charge in [0.2, 0.25) is 5.91 Å². The van der Waals surface area contributed by atoms with E-state index in [4.69, 9.17) is 4.42 Å². The Bertz CT molecular complexity index is 1440. The van der Waals surface area contributed by atoms with Gasteiger partial charge in [-0.15, -0.1) is 0 Å². The molecular weight excluding hydrogens is 440 g/mol. The summed E-state index contributed by atoms with van der Waals surface area (Å²) < 4.78 is 5.79. The van der Waals surface area contributed by atoms with Gasteiger partial charge >= 0.3 is 0 Å². The van der Waals surface area contributed by atoms with E-state index in [0.717, 1.165) is 27.7 Å². The molecule has 0 fully saturated rings. The van der Waals surface area contributed by atoms with E-state index in [2.05, 4.69) is 34.6 Å². The molecule has 4 nitrogen and oxygen atoms in total. The fraction of sp³-hybridized carbons (Fsp3) is 0.0345. The predicted octanol–water partition coefficient (Wildman–Crippen LogP) is 7.58. The summed E-state index contributed by atoms with van der Waals surface area (Å²) in [6.07, 6.45) is 1.69. The van der Waals surface area contributed by atoms with Crippen molar-refractivity contribution in [2.45, 2.75) is 5.09 Å². The van der Waals surface area contributed by atoms with Gasteiger partial charge in [-0.05, 0) is 58.3 Å². The molecule has 0 unspecified atom stereocenters. The zero-order valence-corrected chi connectivity index (χ0v) is 19.2. The Labute approximate surface area is 202 Å².